The van der Waals surface area contributed by atoms with Crippen LogP contribution >= 0.6 is 0 Å². The van der Waals surface area contributed by atoms with E-state index in [9.17, 15) is 14.3 Å². The minimum absolute atomic E-state index is 0.133. The second-order valence-electron chi connectivity index (χ2n) is 3.15. The monoisotopic (exact) mass is 212 g/mol. The van der Waals surface area contributed by atoms with Crippen LogP contribution in [-0.4, -0.2) is 17.7 Å². The van der Waals surface area contributed by atoms with Crippen LogP contribution in [0.15, 0.2) is 18.2 Å². The minimum atomic E-state index is -0.694. The first-order chi connectivity index (χ1) is 7.15. The second kappa shape index (κ2) is 5.34. The maximum atomic E-state index is 12.8. The van der Waals surface area contributed by atoms with Crippen LogP contribution in [0.3, 0.4) is 0 Å². The molecule has 0 heterocycles. The number of esters is 1. The third kappa shape index (κ3) is 3.23. The summed E-state index contributed by atoms with van der Waals surface area (Å²) in [4.78, 5) is 11.3. The summed E-state index contributed by atoms with van der Waals surface area (Å²) in [6.07, 6.45) is 1.66. The van der Waals surface area contributed by atoms with Gasteiger partial charge in [-0.25, -0.2) is 9.18 Å². The Balaban J connectivity index is 2.68. The van der Waals surface area contributed by atoms with Crippen LogP contribution in [0.2, 0.25) is 0 Å². The van der Waals surface area contributed by atoms with Gasteiger partial charge in [-0.15, -0.1) is 0 Å². The van der Waals surface area contributed by atoms with Crippen LogP contribution in [0.5, 0.6) is 5.75 Å². The Kier molecular flexibility index (Phi) is 4.09. The van der Waals surface area contributed by atoms with E-state index in [0.29, 0.717) is 0 Å². The van der Waals surface area contributed by atoms with Crippen molar-refractivity contribution in [1.82, 2.24) is 0 Å². The van der Waals surface area contributed by atoms with Crippen molar-refractivity contribution in [1.29, 1.82) is 0 Å². The van der Waals surface area contributed by atoms with Crippen LogP contribution in [0, 0.1) is 5.82 Å². The third-order valence-corrected chi connectivity index (χ3v) is 1.91. The molecule has 0 spiro atoms. The molecule has 1 aromatic rings. The highest BCUT2D eigenvalue weighted by Crippen LogP contribution is 2.18. The van der Waals surface area contributed by atoms with Crippen molar-refractivity contribution in [2.45, 2.75) is 19.8 Å². The predicted molar refractivity (Wildman–Crippen MR) is 53.3 cm³/mol. The Morgan fingerprint density at radius 1 is 1.53 bits per heavy atom. The number of hydrogen-bond acceptors (Lipinski definition) is 3. The first kappa shape index (κ1) is 11.5. The maximum absolute atomic E-state index is 12.8. The number of unbranched alkanes of at least 4 members (excludes halogenated alkanes) is 1. The van der Waals surface area contributed by atoms with Gasteiger partial charge in [-0.3, -0.25) is 0 Å². The van der Waals surface area contributed by atoms with Crippen LogP contribution < -0.4 is 0 Å². The number of phenolic OH excluding ortho intramolecular Hbond substituents is 1. The summed E-state index contributed by atoms with van der Waals surface area (Å²) in [6.45, 7) is 2.25. The molecule has 0 aromatic heterocycles. The smallest absolute Gasteiger partial charge is 0.342 e. The van der Waals surface area contributed by atoms with Crippen LogP contribution in [0.1, 0.15) is 30.1 Å². The molecule has 0 atom stereocenters. The van der Waals surface area contributed by atoms with Gasteiger partial charge >= 0.3 is 5.97 Å². The van der Waals surface area contributed by atoms with Gasteiger partial charge in [-0.2, -0.15) is 0 Å². The van der Waals surface area contributed by atoms with E-state index in [4.69, 9.17) is 4.74 Å². The van der Waals surface area contributed by atoms with E-state index in [1.54, 1.807) is 0 Å². The summed E-state index contributed by atoms with van der Waals surface area (Å²) >= 11 is 0. The van der Waals surface area contributed by atoms with E-state index >= 15 is 0 Å². The predicted octanol–water partition coefficient (Wildman–Crippen LogP) is 2.49. The van der Waals surface area contributed by atoms with Crippen molar-refractivity contribution in [2.75, 3.05) is 6.61 Å². The highest BCUT2D eigenvalue weighted by molar-refractivity contribution is 5.92. The number of aromatic hydroxyl groups is 1. The zero-order valence-corrected chi connectivity index (χ0v) is 8.50. The van der Waals surface area contributed by atoms with Crippen LogP contribution in [-0.2, 0) is 4.74 Å². The Hall–Kier alpha value is -1.58. The highest BCUT2D eigenvalue weighted by Gasteiger charge is 2.13. The molecule has 0 amide bonds. The first-order valence-electron chi connectivity index (χ1n) is 4.80. The number of rotatable bonds is 4. The maximum Gasteiger partial charge on any atom is 0.342 e. The lowest BCUT2D eigenvalue weighted by Gasteiger charge is -2.05. The standard InChI is InChI=1S/C11H13FO3/c1-2-3-6-15-11(14)9-7-8(12)4-5-10(9)13/h4-5,7,13H,2-3,6H2,1H3. The van der Waals surface area contributed by atoms with E-state index < -0.39 is 11.8 Å². The van der Waals surface area contributed by atoms with Crippen molar-refractivity contribution in [2.24, 2.45) is 0 Å². The minimum Gasteiger partial charge on any atom is -0.507 e. The molecule has 0 saturated carbocycles. The van der Waals surface area contributed by atoms with Gasteiger partial charge in [0, 0.05) is 0 Å². The van der Waals surface area contributed by atoms with E-state index in [0.717, 1.165) is 31.0 Å². The van der Waals surface area contributed by atoms with E-state index in [-0.39, 0.29) is 17.9 Å². The Morgan fingerprint density at radius 3 is 2.93 bits per heavy atom. The van der Waals surface area contributed by atoms with Gasteiger partial charge in [0.05, 0.1) is 6.61 Å². The average Bonchev–Trinajstić information content (AvgIpc) is 2.22. The molecule has 1 rings (SSSR count). The van der Waals surface area contributed by atoms with Gasteiger partial charge in [-0.05, 0) is 24.6 Å². The van der Waals surface area contributed by atoms with Gasteiger partial charge in [0.1, 0.15) is 17.1 Å². The van der Waals surface area contributed by atoms with E-state index in [1.165, 1.54) is 0 Å². The molecule has 0 saturated heterocycles. The lowest BCUT2D eigenvalue weighted by atomic mass is 10.2. The summed E-state index contributed by atoms with van der Waals surface area (Å²) in [5.41, 5.74) is -0.133. The highest BCUT2D eigenvalue weighted by atomic mass is 19.1. The van der Waals surface area contributed by atoms with Crippen molar-refractivity contribution in [3.8, 4) is 5.75 Å². The molecule has 3 nitrogen and oxygen atoms in total. The fourth-order valence-electron chi connectivity index (χ4n) is 1.06. The number of ether oxygens (including phenoxy) is 1. The van der Waals surface area contributed by atoms with Gasteiger partial charge in [-0.1, -0.05) is 13.3 Å². The molecule has 0 aliphatic carbocycles. The molecular weight excluding hydrogens is 199 g/mol. The van der Waals surface area contributed by atoms with E-state index in [1.807, 2.05) is 6.92 Å². The molecule has 0 unspecified atom stereocenters. The number of benzene rings is 1. The zero-order valence-electron chi connectivity index (χ0n) is 8.50. The van der Waals surface area contributed by atoms with Crippen LogP contribution in [0.25, 0.3) is 0 Å². The van der Waals surface area contributed by atoms with Gasteiger partial charge in [0.15, 0.2) is 0 Å². The third-order valence-electron chi connectivity index (χ3n) is 1.91. The molecule has 4 heteroatoms. The van der Waals surface area contributed by atoms with Gasteiger partial charge in [0.2, 0.25) is 0 Å². The summed E-state index contributed by atoms with van der Waals surface area (Å²) in [6, 6.07) is 3.17. The lowest BCUT2D eigenvalue weighted by Crippen LogP contribution is -2.06. The van der Waals surface area contributed by atoms with Gasteiger partial charge in [0.25, 0.3) is 0 Å². The Bertz CT molecular complexity index is 350. The molecule has 1 N–H and O–H groups in total. The fraction of sp³-hybridized carbons (Fsp3) is 0.364. The molecule has 0 radical (unpaired) electrons. The van der Waals surface area contributed by atoms with Crippen molar-refractivity contribution >= 4 is 5.97 Å². The first-order valence-corrected chi connectivity index (χ1v) is 4.80. The molecule has 0 aliphatic rings. The number of phenols is 1. The zero-order chi connectivity index (χ0) is 11.3. The SMILES string of the molecule is CCCCOC(=O)c1cc(F)ccc1O. The van der Waals surface area contributed by atoms with Gasteiger partial charge < -0.3 is 9.84 Å². The number of halogens is 1. The quantitative estimate of drug-likeness (QED) is 0.616. The number of carbonyl (C=O) groups excluding carboxylic acids is 1. The van der Waals surface area contributed by atoms with Crippen molar-refractivity contribution in [3.63, 3.8) is 0 Å². The summed E-state index contributed by atoms with van der Waals surface area (Å²) in [5.74, 6) is -1.53. The molecule has 0 bridgehead atoms. The normalized spacial score (nSPS) is 10.0. The molecule has 15 heavy (non-hydrogen) atoms. The fourth-order valence-corrected chi connectivity index (χ4v) is 1.06. The topological polar surface area (TPSA) is 46.5 Å². The van der Waals surface area contributed by atoms with E-state index in [2.05, 4.69) is 0 Å². The Labute approximate surface area is 87.5 Å². The average molecular weight is 212 g/mol. The Morgan fingerprint density at radius 2 is 2.27 bits per heavy atom. The number of carbonyl (C=O) groups is 1. The molecule has 82 valence electrons. The summed E-state index contributed by atoms with van der Waals surface area (Å²) in [5, 5.41) is 9.29. The molecule has 0 aliphatic heterocycles. The van der Waals surface area contributed by atoms with Crippen LogP contribution in [0.4, 0.5) is 4.39 Å². The summed E-state index contributed by atoms with van der Waals surface area (Å²) in [7, 11) is 0. The summed E-state index contributed by atoms with van der Waals surface area (Å²) < 4.78 is 17.6. The number of hydrogen-bond donors (Lipinski definition) is 1. The molecule has 0 fully saturated rings. The molecule has 1 aromatic carbocycles. The van der Waals surface area contributed by atoms with Crippen molar-refractivity contribution in [3.05, 3.63) is 29.6 Å². The largest absolute Gasteiger partial charge is 0.507 e. The lowest BCUT2D eigenvalue weighted by molar-refractivity contribution is 0.0496. The molecular formula is C11H13FO3. The second-order valence-corrected chi connectivity index (χ2v) is 3.15. The van der Waals surface area contributed by atoms with Crippen molar-refractivity contribution < 1.29 is 19.0 Å².